The zero-order valence-corrected chi connectivity index (χ0v) is 19.9. The summed E-state index contributed by atoms with van der Waals surface area (Å²) in [7, 11) is 1.55. The smallest absolute Gasteiger partial charge is 0.284 e. The lowest BCUT2D eigenvalue weighted by Crippen LogP contribution is -2.42. The summed E-state index contributed by atoms with van der Waals surface area (Å²) in [6.45, 7) is 0.389. The van der Waals surface area contributed by atoms with Gasteiger partial charge in [-0.3, -0.25) is 4.79 Å². The van der Waals surface area contributed by atoms with E-state index in [9.17, 15) is 4.79 Å². The van der Waals surface area contributed by atoms with Gasteiger partial charge in [0.25, 0.3) is 5.91 Å². The van der Waals surface area contributed by atoms with Crippen molar-refractivity contribution in [3.63, 3.8) is 0 Å². The van der Waals surface area contributed by atoms with Crippen LogP contribution in [-0.4, -0.2) is 31.9 Å². The third-order valence-corrected chi connectivity index (χ3v) is 5.73. The number of ether oxygens (including phenoxy) is 4. The second-order valence-corrected chi connectivity index (χ2v) is 8.27. The summed E-state index contributed by atoms with van der Waals surface area (Å²) in [6, 6.07) is 18.2. The molecule has 1 aliphatic rings. The van der Waals surface area contributed by atoms with Gasteiger partial charge in [-0.05, 0) is 51.8 Å². The van der Waals surface area contributed by atoms with Crippen LogP contribution in [0.25, 0.3) is 0 Å². The summed E-state index contributed by atoms with van der Waals surface area (Å²) >= 11 is 9.71. The Balaban J connectivity index is 1.39. The Kier molecular flexibility index (Phi) is 7.36. The predicted molar refractivity (Wildman–Crippen MR) is 129 cm³/mol. The first-order valence-corrected chi connectivity index (χ1v) is 11.2. The molecule has 0 saturated heterocycles. The van der Waals surface area contributed by atoms with Gasteiger partial charge in [-0.25, -0.2) is 5.43 Å². The predicted octanol–water partition coefficient (Wildman–Crippen LogP) is 4.98. The highest BCUT2D eigenvalue weighted by Gasteiger charge is 2.27. The molecule has 33 heavy (non-hydrogen) atoms. The number of nitrogens with one attached hydrogen (secondary N) is 1. The summed E-state index contributed by atoms with van der Waals surface area (Å²) in [5.41, 5.74) is 4.03. The topological polar surface area (TPSA) is 78.4 Å². The zero-order chi connectivity index (χ0) is 23.2. The van der Waals surface area contributed by atoms with E-state index in [1.807, 2.05) is 36.4 Å². The van der Waals surface area contributed by atoms with Crippen LogP contribution in [0.2, 0.25) is 5.02 Å². The van der Waals surface area contributed by atoms with Gasteiger partial charge in [-0.2, -0.15) is 5.10 Å². The molecule has 1 heterocycles. The number of hydrogen-bond acceptors (Lipinski definition) is 6. The maximum absolute atomic E-state index is 12.4. The Morgan fingerprint density at radius 3 is 2.76 bits per heavy atom. The third-order valence-electron chi connectivity index (χ3n) is 4.77. The van der Waals surface area contributed by atoms with Crippen molar-refractivity contribution in [2.24, 2.45) is 5.10 Å². The molecule has 0 fully saturated rings. The summed E-state index contributed by atoms with van der Waals surface area (Å²) < 4.78 is 23.3. The Morgan fingerprint density at radius 2 is 1.97 bits per heavy atom. The fraction of sp³-hybridized carbons (Fsp3) is 0.167. The minimum atomic E-state index is -0.793. The van der Waals surface area contributed by atoms with E-state index in [-0.39, 0.29) is 13.2 Å². The Bertz CT molecular complexity index is 1190. The Labute approximate surface area is 204 Å². The number of rotatable bonds is 7. The molecule has 0 spiro atoms. The molecule has 0 aromatic heterocycles. The highest BCUT2D eigenvalue weighted by atomic mass is 79.9. The molecule has 1 aliphatic heterocycles. The van der Waals surface area contributed by atoms with Gasteiger partial charge >= 0.3 is 0 Å². The van der Waals surface area contributed by atoms with Crippen molar-refractivity contribution in [1.29, 1.82) is 0 Å². The maximum Gasteiger partial charge on any atom is 0.284 e. The van der Waals surface area contributed by atoms with E-state index in [1.165, 1.54) is 6.21 Å². The molecule has 3 aromatic carbocycles. The van der Waals surface area contributed by atoms with Crippen LogP contribution in [0, 0.1) is 0 Å². The number of carbonyl (C=O) groups excluding carboxylic acids is 1. The maximum atomic E-state index is 12.4. The van der Waals surface area contributed by atoms with Crippen molar-refractivity contribution in [2.75, 3.05) is 13.7 Å². The number of benzene rings is 3. The number of fused-ring (bicyclic) bond motifs is 1. The first-order chi connectivity index (χ1) is 16.0. The molecule has 1 amide bonds. The fourth-order valence-electron chi connectivity index (χ4n) is 3.11. The molecule has 170 valence electrons. The molecule has 1 N–H and O–H groups in total. The quantitative estimate of drug-likeness (QED) is 0.344. The lowest BCUT2D eigenvalue weighted by molar-refractivity contribution is -0.130. The first-order valence-electron chi connectivity index (χ1n) is 10.0. The van der Waals surface area contributed by atoms with Gasteiger partial charge in [0.05, 0.1) is 17.8 Å². The second-order valence-electron chi connectivity index (χ2n) is 7.01. The average Bonchev–Trinajstić information content (AvgIpc) is 2.83. The van der Waals surface area contributed by atoms with E-state index in [0.717, 1.165) is 5.56 Å². The monoisotopic (exact) mass is 530 g/mol. The van der Waals surface area contributed by atoms with E-state index in [0.29, 0.717) is 38.1 Å². The molecule has 4 rings (SSSR count). The van der Waals surface area contributed by atoms with Crippen molar-refractivity contribution < 1.29 is 23.7 Å². The van der Waals surface area contributed by atoms with Gasteiger partial charge in [0.15, 0.2) is 23.0 Å². The fourth-order valence-corrected chi connectivity index (χ4v) is 3.88. The first kappa shape index (κ1) is 22.9. The average molecular weight is 532 g/mol. The van der Waals surface area contributed by atoms with Gasteiger partial charge in [-0.15, -0.1) is 0 Å². The molecular weight excluding hydrogens is 512 g/mol. The third kappa shape index (κ3) is 5.58. The van der Waals surface area contributed by atoms with Crippen molar-refractivity contribution in [1.82, 2.24) is 5.43 Å². The van der Waals surface area contributed by atoms with Crippen molar-refractivity contribution in [2.45, 2.75) is 12.7 Å². The molecule has 1 atom stereocenters. The molecule has 7 nitrogen and oxygen atoms in total. The minimum Gasteiger partial charge on any atom is -0.493 e. The molecular formula is C24H20BrClN2O5. The molecule has 3 aromatic rings. The standard InChI is InChI=1S/C24H20BrClN2O5/c1-30-21-11-15(10-17(25)23(21)32-13-16-6-2-3-7-18(16)26)12-27-28-24(29)22-14-31-19-8-4-5-9-20(19)33-22/h2-12,22H,13-14H2,1H3,(H,28,29)/b27-12-/t22-/m1/s1. The van der Waals surface area contributed by atoms with E-state index in [4.69, 9.17) is 30.5 Å². The summed E-state index contributed by atoms with van der Waals surface area (Å²) in [4.78, 5) is 12.4. The van der Waals surface area contributed by atoms with Gasteiger partial charge in [0, 0.05) is 10.6 Å². The summed E-state index contributed by atoms with van der Waals surface area (Å²) in [5.74, 6) is 1.76. The number of para-hydroxylation sites is 2. The van der Waals surface area contributed by atoms with Crippen molar-refractivity contribution in [3.05, 3.63) is 81.3 Å². The number of methoxy groups -OCH3 is 1. The summed E-state index contributed by atoms with van der Waals surface area (Å²) in [5, 5.41) is 4.66. The Morgan fingerprint density at radius 1 is 1.21 bits per heavy atom. The van der Waals surface area contributed by atoms with Crippen LogP contribution in [0.5, 0.6) is 23.0 Å². The number of nitrogens with zero attached hydrogens (tertiary/aromatic N) is 1. The van der Waals surface area contributed by atoms with Crippen molar-refractivity contribution in [3.8, 4) is 23.0 Å². The number of hydrogen-bond donors (Lipinski definition) is 1. The summed E-state index contributed by atoms with van der Waals surface area (Å²) in [6.07, 6.45) is 0.708. The van der Waals surface area contributed by atoms with Gasteiger partial charge in [0.1, 0.15) is 13.2 Å². The van der Waals surface area contributed by atoms with Gasteiger partial charge < -0.3 is 18.9 Å². The zero-order valence-electron chi connectivity index (χ0n) is 17.6. The highest BCUT2D eigenvalue weighted by molar-refractivity contribution is 9.10. The SMILES string of the molecule is COc1cc(/C=N\NC(=O)[C@H]2COc3ccccc3O2)cc(Br)c1OCc1ccccc1Cl. The van der Waals surface area contributed by atoms with Crippen LogP contribution in [-0.2, 0) is 11.4 Å². The molecule has 0 aliphatic carbocycles. The number of carbonyl (C=O) groups is 1. The van der Waals surface area contributed by atoms with Gasteiger partial charge in [-0.1, -0.05) is 41.9 Å². The molecule has 9 heteroatoms. The Hall–Kier alpha value is -3.23. The van der Waals surface area contributed by atoms with Crippen LogP contribution >= 0.6 is 27.5 Å². The largest absolute Gasteiger partial charge is 0.493 e. The van der Waals surface area contributed by atoms with Crippen LogP contribution in [0.1, 0.15) is 11.1 Å². The normalized spacial score (nSPS) is 14.7. The van der Waals surface area contributed by atoms with E-state index < -0.39 is 12.0 Å². The van der Waals surface area contributed by atoms with Crippen LogP contribution < -0.4 is 24.4 Å². The second kappa shape index (κ2) is 10.6. The van der Waals surface area contributed by atoms with Crippen LogP contribution in [0.4, 0.5) is 0 Å². The molecule has 0 bridgehead atoms. The van der Waals surface area contributed by atoms with E-state index in [1.54, 1.807) is 31.4 Å². The van der Waals surface area contributed by atoms with Crippen LogP contribution in [0.3, 0.4) is 0 Å². The highest BCUT2D eigenvalue weighted by Crippen LogP contribution is 2.37. The van der Waals surface area contributed by atoms with E-state index >= 15 is 0 Å². The molecule has 0 radical (unpaired) electrons. The number of amides is 1. The van der Waals surface area contributed by atoms with Gasteiger partial charge in [0.2, 0.25) is 6.10 Å². The minimum absolute atomic E-state index is 0.106. The molecule has 0 unspecified atom stereocenters. The number of hydrazone groups is 1. The van der Waals surface area contributed by atoms with Crippen LogP contribution in [0.15, 0.2) is 70.2 Å². The molecule has 0 saturated carbocycles. The lowest BCUT2D eigenvalue weighted by Gasteiger charge is -2.24. The number of halogens is 2. The van der Waals surface area contributed by atoms with Crippen molar-refractivity contribution >= 4 is 39.7 Å². The van der Waals surface area contributed by atoms with E-state index in [2.05, 4.69) is 26.5 Å². The lowest BCUT2D eigenvalue weighted by atomic mass is 10.2.